The van der Waals surface area contributed by atoms with Crippen LogP contribution in [0, 0.1) is 0 Å². The summed E-state index contributed by atoms with van der Waals surface area (Å²) in [4.78, 5) is 2.43. The topological polar surface area (TPSA) is 24.5 Å². The van der Waals surface area contributed by atoms with E-state index < -0.39 is 0 Å². The van der Waals surface area contributed by atoms with E-state index in [0.717, 1.165) is 18.8 Å². The molecule has 1 aliphatic rings. The second-order valence-electron chi connectivity index (χ2n) is 5.11. The lowest BCUT2D eigenvalue weighted by Gasteiger charge is -2.41. The molecule has 0 fully saturated rings. The molecule has 1 heterocycles. The third-order valence-corrected chi connectivity index (χ3v) is 4.17. The van der Waals surface area contributed by atoms with E-state index in [-0.39, 0.29) is 0 Å². The molecule has 0 amide bonds. The molecule has 0 bridgehead atoms. The van der Waals surface area contributed by atoms with Crippen LogP contribution < -0.4 is 10.1 Å². The van der Waals surface area contributed by atoms with E-state index in [1.807, 2.05) is 13.1 Å². The van der Waals surface area contributed by atoms with Gasteiger partial charge in [-0.25, -0.2) is 0 Å². The Morgan fingerprint density at radius 3 is 2.83 bits per heavy atom. The number of hydrogen-bond donors (Lipinski definition) is 1. The van der Waals surface area contributed by atoms with Gasteiger partial charge in [-0.3, -0.25) is 4.90 Å². The van der Waals surface area contributed by atoms with Crippen molar-refractivity contribution in [3.05, 3.63) is 29.8 Å². The van der Waals surface area contributed by atoms with Crippen molar-refractivity contribution < 1.29 is 4.74 Å². The number of benzene rings is 1. The van der Waals surface area contributed by atoms with E-state index in [1.54, 1.807) is 0 Å². The highest BCUT2D eigenvalue weighted by atomic mass is 16.5. The number of rotatable bonds is 4. The van der Waals surface area contributed by atoms with Gasteiger partial charge in [-0.15, -0.1) is 0 Å². The largest absolute Gasteiger partial charge is 0.492 e. The van der Waals surface area contributed by atoms with Crippen molar-refractivity contribution >= 4 is 0 Å². The zero-order valence-electron chi connectivity index (χ0n) is 11.8. The van der Waals surface area contributed by atoms with E-state index in [2.05, 4.69) is 49.3 Å². The highest BCUT2D eigenvalue weighted by molar-refractivity contribution is 5.38. The van der Waals surface area contributed by atoms with Crippen LogP contribution in [-0.4, -0.2) is 37.7 Å². The van der Waals surface area contributed by atoms with Crippen molar-refractivity contribution in [1.82, 2.24) is 10.2 Å². The van der Waals surface area contributed by atoms with Crippen LogP contribution >= 0.6 is 0 Å². The Labute approximate surface area is 110 Å². The first-order valence-corrected chi connectivity index (χ1v) is 6.80. The predicted molar refractivity (Wildman–Crippen MR) is 75.0 cm³/mol. The lowest BCUT2D eigenvalue weighted by Crippen LogP contribution is -2.50. The maximum absolute atomic E-state index is 5.90. The monoisotopic (exact) mass is 248 g/mol. The van der Waals surface area contributed by atoms with Gasteiger partial charge in [-0.2, -0.15) is 0 Å². The third-order valence-electron chi connectivity index (χ3n) is 4.17. The van der Waals surface area contributed by atoms with Gasteiger partial charge in [0, 0.05) is 11.6 Å². The molecule has 18 heavy (non-hydrogen) atoms. The maximum Gasteiger partial charge on any atom is 0.124 e. The average molecular weight is 248 g/mol. The molecule has 0 saturated carbocycles. The summed E-state index contributed by atoms with van der Waals surface area (Å²) in [5, 5.41) is 3.45. The van der Waals surface area contributed by atoms with Crippen LogP contribution in [0.4, 0.5) is 0 Å². The summed E-state index contributed by atoms with van der Waals surface area (Å²) >= 11 is 0. The van der Waals surface area contributed by atoms with Crippen LogP contribution in [0.25, 0.3) is 0 Å². The summed E-state index contributed by atoms with van der Waals surface area (Å²) in [6.07, 6.45) is 1.16. The van der Waals surface area contributed by atoms with Crippen LogP contribution in [0.15, 0.2) is 24.3 Å². The first-order chi connectivity index (χ1) is 8.69. The molecule has 0 aromatic heterocycles. The zero-order chi connectivity index (χ0) is 13.1. The minimum absolute atomic E-state index is 0.342. The number of hydrogen-bond acceptors (Lipinski definition) is 3. The van der Waals surface area contributed by atoms with Gasteiger partial charge in [-0.1, -0.05) is 25.1 Å². The van der Waals surface area contributed by atoms with Gasteiger partial charge in [0.2, 0.25) is 0 Å². The summed E-state index contributed by atoms with van der Waals surface area (Å²) in [6, 6.07) is 9.63. The van der Waals surface area contributed by atoms with E-state index >= 15 is 0 Å². The van der Waals surface area contributed by atoms with Gasteiger partial charge in [0.05, 0.1) is 12.1 Å². The Morgan fingerprint density at radius 2 is 2.17 bits per heavy atom. The zero-order valence-corrected chi connectivity index (χ0v) is 11.8. The van der Waals surface area contributed by atoms with Crippen LogP contribution in [0.2, 0.25) is 0 Å². The number of para-hydroxylation sites is 1. The average Bonchev–Trinajstić information content (AvgIpc) is 2.44. The Kier molecular flexibility index (Phi) is 4.25. The molecule has 3 nitrogen and oxygen atoms in total. The highest BCUT2D eigenvalue weighted by Crippen LogP contribution is 2.34. The van der Waals surface area contributed by atoms with Gasteiger partial charge in [0.15, 0.2) is 0 Å². The molecular weight excluding hydrogens is 224 g/mol. The smallest absolute Gasteiger partial charge is 0.124 e. The summed E-state index contributed by atoms with van der Waals surface area (Å²) in [5.74, 6) is 1.02. The fourth-order valence-electron chi connectivity index (χ4n) is 2.66. The molecule has 3 atom stereocenters. The fraction of sp³-hybridized carbons (Fsp3) is 0.600. The van der Waals surface area contributed by atoms with E-state index in [1.165, 1.54) is 5.56 Å². The van der Waals surface area contributed by atoms with Gasteiger partial charge < -0.3 is 10.1 Å². The summed E-state index contributed by atoms with van der Waals surface area (Å²) in [6.45, 7) is 5.25. The van der Waals surface area contributed by atoms with Crippen LogP contribution in [0.3, 0.4) is 0 Å². The van der Waals surface area contributed by atoms with Gasteiger partial charge in [0.1, 0.15) is 12.4 Å². The summed E-state index contributed by atoms with van der Waals surface area (Å²) in [5.41, 5.74) is 1.27. The first-order valence-electron chi connectivity index (χ1n) is 6.80. The Hall–Kier alpha value is -1.06. The number of ether oxygens (including phenoxy) is 1. The Balaban J connectivity index is 2.25. The number of fused-ring (bicyclic) bond motifs is 1. The molecule has 1 aliphatic heterocycles. The van der Waals surface area contributed by atoms with Gasteiger partial charge in [0.25, 0.3) is 0 Å². The number of nitrogens with one attached hydrogen (secondary N) is 1. The van der Waals surface area contributed by atoms with Crippen molar-refractivity contribution in [3.8, 4) is 5.75 Å². The standard InChI is InChI=1S/C15H24N2O/c1-5-11(2)17(4)13-10-18-14-9-7-6-8-12(14)15(13)16-3/h6-9,11,13,15-16H,5,10H2,1-4H3. The summed E-state index contributed by atoms with van der Waals surface area (Å²) < 4.78 is 5.90. The first kappa shape index (κ1) is 13.4. The molecular formula is C15H24N2O. The minimum Gasteiger partial charge on any atom is -0.492 e. The molecule has 1 aromatic carbocycles. The van der Waals surface area contributed by atoms with Crippen molar-refractivity contribution in [2.75, 3.05) is 20.7 Å². The molecule has 100 valence electrons. The van der Waals surface area contributed by atoms with Gasteiger partial charge in [-0.05, 0) is 33.5 Å². The van der Waals surface area contributed by atoms with Crippen LogP contribution in [0.1, 0.15) is 31.9 Å². The third kappa shape index (κ3) is 2.38. The molecule has 0 saturated heterocycles. The molecule has 2 rings (SSSR count). The molecule has 0 radical (unpaired) electrons. The van der Waals surface area contributed by atoms with E-state index in [4.69, 9.17) is 4.74 Å². The van der Waals surface area contributed by atoms with Crippen molar-refractivity contribution in [3.63, 3.8) is 0 Å². The highest BCUT2D eigenvalue weighted by Gasteiger charge is 2.33. The number of nitrogens with zero attached hydrogens (tertiary/aromatic N) is 1. The van der Waals surface area contributed by atoms with Crippen molar-refractivity contribution in [2.24, 2.45) is 0 Å². The second kappa shape index (κ2) is 5.72. The maximum atomic E-state index is 5.90. The van der Waals surface area contributed by atoms with E-state index in [9.17, 15) is 0 Å². The van der Waals surface area contributed by atoms with Crippen LogP contribution in [-0.2, 0) is 0 Å². The molecule has 0 spiro atoms. The molecule has 1 aromatic rings. The lowest BCUT2D eigenvalue weighted by atomic mass is 9.94. The molecule has 3 heteroatoms. The molecule has 1 N–H and O–H groups in total. The SMILES string of the molecule is CCC(C)N(C)C1COc2ccccc2C1NC. The minimum atomic E-state index is 0.342. The van der Waals surface area contributed by atoms with Gasteiger partial charge >= 0.3 is 0 Å². The summed E-state index contributed by atoms with van der Waals surface area (Å²) in [7, 11) is 4.23. The van der Waals surface area contributed by atoms with E-state index in [0.29, 0.717) is 18.1 Å². The van der Waals surface area contributed by atoms with Crippen molar-refractivity contribution in [1.29, 1.82) is 0 Å². The Bertz CT molecular complexity index is 394. The quantitative estimate of drug-likeness (QED) is 0.885. The number of likely N-dealkylation sites (N-methyl/N-ethyl adjacent to an activating group) is 2. The predicted octanol–water partition coefficient (Wildman–Crippen LogP) is 2.44. The normalized spacial score (nSPS) is 24.5. The second-order valence-corrected chi connectivity index (χ2v) is 5.11. The van der Waals surface area contributed by atoms with Crippen LogP contribution in [0.5, 0.6) is 5.75 Å². The van der Waals surface area contributed by atoms with Crippen molar-refractivity contribution in [2.45, 2.75) is 38.4 Å². The molecule has 0 aliphatic carbocycles. The molecule has 3 unspecified atom stereocenters. The fourth-order valence-corrected chi connectivity index (χ4v) is 2.66. The lowest BCUT2D eigenvalue weighted by molar-refractivity contribution is 0.0803. The Morgan fingerprint density at radius 1 is 1.44 bits per heavy atom.